The van der Waals surface area contributed by atoms with E-state index in [0.29, 0.717) is 0 Å². The molecule has 2 amide bonds. The van der Waals surface area contributed by atoms with Gasteiger partial charge < -0.3 is 5.32 Å². The van der Waals surface area contributed by atoms with Crippen molar-refractivity contribution in [1.29, 1.82) is 0 Å². The summed E-state index contributed by atoms with van der Waals surface area (Å²) in [4.78, 5) is 27.0. The van der Waals surface area contributed by atoms with Gasteiger partial charge in [0.2, 0.25) is 0 Å². The van der Waals surface area contributed by atoms with Gasteiger partial charge in [-0.15, -0.1) is 0 Å². The van der Waals surface area contributed by atoms with Crippen molar-refractivity contribution in [1.82, 2.24) is 15.7 Å². The van der Waals surface area contributed by atoms with Crippen molar-refractivity contribution in [2.45, 2.75) is 6.54 Å². The van der Waals surface area contributed by atoms with Crippen LogP contribution >= 0.6 is 15.9 Å². The molecule has 0 fully saturated rings. The van der Waals surface area contributed by atoms with E-state index in [-0.39, 0.29) is 6.54 Å². The molecule has 0 bridgehead atoms. The number of nitrogens with zero attached hydrogens (tertiary/aromatic N) is 2. The number of aromatic nitrogens is 1. The third-order valence-corrected chi connectivity index (χ3v) is 3.16. The summed E-state index contributed by atoms with van der Waals surface area (Å²) in [6, 6.07) is 10.9. The van der Waals surface area contributed by atoms with Gasteiger partial charge in [0, 0.05) is 23.4 Å². The summed E-state index contributed by atoms with van der Waals surface area (Å²) < 4.78 is 0.948. The van der Waals surface area contributed by atoms with Crippen LogP contribution in [0.3, 0.4) is 0 Å². The summed E-state index contributed by atoms with van der Waals surface area (Å²) in [5.74, 6) is -1.57. The van der Waals surface area contributed by atoms with Crippen LogP contribution < -0.4 is 10.7 Å². The number of carbonyl (C=O) groups is 2. The molecular formula is C15H13BrN4O2. The first-order valence-electron chi connectivity index (χ1n) is 6.41. The van der Waals surface area contributed by atoms with E-state index in [0.717, 1.165) is 15.6 Å². The summed E-state index contributed by atoms with van der Waals surface area (Å²) in [5, 5.41) is 6.22. The van der Waals surface area contributed by atoms with Crippen molar-refractivity contribution >= 4 is 34.0 Å². The Morgan fingerprint density at radius 3 is 2.64 bits per heavy atom. The molecule has 112 valence electrons. The predicted molar refractivity (Wildman–Crippen MR) is 86.0 cm³/mol. The molecule has 2 N–H and O–H groups in total. The fraction of sp³-hybridized carbons (Fsp3) is 0.0667. The Morgan fingerprint density at radius 2 is 1.95 bits per heavy atom. The zero-order valence-corrected chi connectivity index (χ0v) is 13.1. The Balaban J connectivity index is 1.79. The highest BCUT2D eigenvalue weighted by molar-refractivity contribution is 9.10. The second-order valence-corrected chi connectivity index (χ2v) is 5.21. The van der Waals surface area contributed by atoms with Crippen LogP contribution in [0, 0.1) is 0 Å². The second-order valence-electron chi connectivity index (χ2n) is 4.29. The third-order valence-electron chi connectivity index (χ3n) is 2.63. The zero-order valence-electron chi connectivity index (χ0n) is 11.5. The van der Waals surface area contributed by atoms with Crippen molar-refractivity contribution in [2.75, 3.05) is 0 Å². The molecule has 0 aliphatic heterocycles. The minimum absolute atomic E-state index is 0.233. The molecule has 0 unspecified atom stereocenters. The maximum absolute atomic E-state index is 11.6. The molecule has 0 spiro atoms. The predicted octanol–water partition coefficient (Wildman–Crippen LogP) is 1.61. The van der Waals surface area contributed by atoms with Gasteiger partial charge in [0.1, 0.15) is 0 Å². The van der Waals surface area contributed by atoms with Crippen LogP contribution in [0.4, 0.5) is 0 Å². The molecule has 0 aliphatic rings. The highest BCUT2D eigenvalue weighted by atomic mass is 79.9. The number of benzene rings is 1. The molecule has 0 saturated heterocycles. The number of hydrogen-bond acceptors (Lipinski definition) is 4. The van der Waals surface area contributed by atoms with Gasteiger partial charge in [0.05, 0.1) is 6.21 Å². The summed E-state index contributed by atoms with van der Waals surface area (Å²) in [7, 11) is 0. The first-order valence-corrected chi connectivity index (χ1v) is 7.20. The number of rotatable bonds is 4. The number of carbonyl (C=O) groups excluding carboxylic acids is 2. The molecule has 1 heterocycles. The minimum Gasteiger partial charge on any atom is -0.344 e. The van der Waals surface area contributed by atoms with Gasteiger partial charge >= 0.3 is 11.8 Å². The van der Waals surface area contributed by atoms with Crippen molar-refractivity contribution < 1.29 is 9.59 Å². The van der Waals surface area contributed by atoms with E-state index in [9.17, 15) is 9.59 Å². The largest absolute Gasteiger partial charge is 0.344 e. The Morgan fingerprint density at radius 1 is 1.18 bits per heavy atom. The number of hydrogen-bond donors (Lipinski definition) is 2. The maximum Gasteiger partial charge on any atom is 0.329 e. The number of amides is 2. The average molecular weight is 361 g/mol. The minimum atomic E-state index is -0.822. The van der Waals surface area contributed by atoms with Crippen LogP contribution in [-0.2, 0) is 16.1 Å². The summed E-state index contributed by atoms with van der Waals surface area (Å²) in [6.07, 6.45) is 4.71. The number of halogens is 1. The number of hydrazone groups is 1. The van der Waals surface area contributed by atoms with Gasteiger partial charge in [-0.25, -0.2) is 5.43 Å². The van der Waals surface area contributed by atoms with Crippen LogP contribution in [-0.4, -0.2) is 23.0 Å². The van der Waals surface area contributed by atoms with Crippen molar-refractivity contribution in [2.24, 2.45) is 5.10 Å². The zero-order chi connectivity index (χ0) is 15.8. The van der Waals surface area contributed by atoms with E-state index >= 15 is 0 Å². The van der Waals surface area contributed by atoms with Gasteiger partial charge in [-0.1, -0.05) is 34.1 Å². The molecule has 0 saturated carbocycles. The van der Waals surface area contributed by atoms with Gasteiger partial charge in [0.15, 0.2) is 0 Å². The first-order chi connectivity index (χ1) is 10.6. The molecule has 2 rings (SSSR count). The van der Waals surface area contributed by atoms with Gasteiger partial charge in [-0.05, 0) is 29.3 Å². The SMILES string of the molecule is O=C(NCc1cccnc1)C(=O)NN=Cc1ccc(Br)cc1. The lowest BCUT2D eigenvalue weighted by Gasteiger charge is -2.03. The Labute approximate surface area is 135 Å². The first kappa shape index (κ1) is 15.8. The Kier molecular flexibility index (Phi) is 5.79. The lowest BCUT2D eigenvalue weighted by Crippen LogP contribution is -2.37. The van der Waals surface area contributed by atoms with E-state index in [2.05, 4.69) is 36.8 Å². The average Bonchev–Trinajstić information content (AvgIpc) is 2.55. The summed E-state index contributed by atoms with van der Waals surface area (Å²) in [6.45, 7) is 0.233. The van der Waals surface area contributed by atoms with Crippen molar-refractivity contribution in [3.63, 3.8) is 0 Å². The third kappa shape index (κ3) is 5.10. The Hall–Kier alpha value is -2.54. The van der Waals surface area contributed by atoms with Crippen molar-refractivity contribution in [3.05, 3.63) is 64.4 Å². The van der Waals surface area contributed by atoms with Crippen LogP contribution in [0.25, 0.3) is 0 Å². The van der Waals surface area contributed by atoms with Gasteiger partial charge in [-0.2, -0.15) is 5.10 Å². The molecule has 1 aromatic carbocycles. The summed E-state index contributed by atoms with van der Waals surface area (Å²) >= 11 is 3.32. The topological polar surface area (TPSA) is 83.5 Å². The molecule has 6 nitrogen and oxygen atoms in total. The van der Waals surface area contributed by atoms with Gasteiger partial charge in [-0.3, -0.25) is 14.6 Å². The number of nitrogens with one attached hydrogen (secondary N) is 2. The van der Waals surface area contributed by atoms with Crippen LogP contribution in [0.15, 0.2) is 58.4 Å². The van der Waals surface area contributed by atoms with Crippen LogP contribution in [0.2, 0.25) is 0 Å². The molecule has 7 heteroatoms. The standard InChI is InChI=1S/C15H13BrN4O2/c16-13-5-3-11(4-6-13)10-19-20-15(22)14(21)18-9-12-2-1-7-17-8-12/h1-8,10H,9H2,(H,18,21)(H,20,22). The van der Waals surface area contributed by atoms with Gasteiger partial charge in [0.25, 0.3) is 0 Å². The van der Waals surface area contributed by atoms with E-state index < -0.39 is 11.8 Å². The molecule has 0 aliphatic carbocycles. The molecule has 0 atom stereocenters. The quantitative estimate of drug-likeness (QED) is 0.493. The van der Waals surface area contributed by atoms with E-state index in [1.54, 1.807) is 24.5 Å². The monoisotopic (exact) mass is 360 g/mol. The highest BCUT2D eigenvalue weighted by Crippen LogP contribution is 2.08. The number of pyridine rings is 1. The van der Waals surface area contributed by atoms with E-state index in [4.69, 9.17) is 0 Å². The lowest BCUT2D eigenvalue weighted by atomic mass is 10.2. The van der Waals surface area contributed by atoms with E-state index in [1.807, 2.05) is 24.3 Å². The smallest absolute Gasteiger partial charge is 0.329 e. The second kappa shape index (κ2) is 8.04. The Bertz CT molecular complexity index is 672. The molecule has 0 radical (unpaired) electrons. The van der Waals surface area contributed by atoms with Crippen LogP contribution in [0.1, 0.15) is 11.1 Å². The van der Waals surface area contributed by atoms with Crippen LogP contribution in [0.5, 0.6) is 0 Å². The molecule has 2 aromatic rings. The fourth-order valence-electron chi connectivity index (χ4n) is 1.53. The normalized spacial score (nSPS) is 10.4. The van der Waals surface area contributed by atoms with Crippen molar-refractivity contribution in [3.8, 4) is 0 Å². The summed E-state index contributed by atoms with van der Waals surface area (Å²) in [5.41, 5.74) is 3.79. The maximum atomic E-state index is 11.6. The fourth-order valence-corrected chi connectivity index (χ4v) is 1.79. The lowest BCUT2D eigenvalue weighted by molar-refractivity contribution is -0.139. The molecular weight excluding hydrogens is 348 g/mol. The molecule has 1 aromatic heterocycles. The van der Waals surface area contributed by atoms with E-state index in [1.165, 1.54) is 6.21 Å². The highest BCUT2D eigenvalue weighted by Gasteiger charge is 2.11. The molecule has 22 heavy (non-hydrogen) atoms.